The van der Waals surface area contributed by atoms with E-state index in [1.807, 2.05) is 0 Å². The Kier molecular flexibility index (Phi) is 2.98. The second kappa shape index (κ2) is 3.55. The first-order chi connectivity index (χ1) is 7.73. The number of aliphatic hydroxyl groups is 1. The first-order valence-corrected chi connectivity index (χ1v) is 4.33. The molecular weight excluding hydrogens is 283 g/mol. The molecular formula is C8H5F9O. The molecule has 10 heteroatoms. The van der Waals surface area contributed by atoms with E-state index < -0.39 is 41.2 Å². The highest BCUT2D eigenvalue weighted by Gasteiger charge is 2.86. The van der Waals surface area contributed by atoms with Gasteiger partial charge in [-0.1, -0.05) is 0 Å². The van der Waals surface area contributed by atoms with Crippen molar-refractivity contribution in [1.29, 1.82) is 0 Å². The number of hydrogen-bond acceptors (Lipinski definition) is 1. The minimum absolute atomic E-state index is 0.276. The van der Waals surface area contributed by atoms with Gasteiger partial charge in [0.2, 0.25) is 0 Å². The Balaban J connectivity index is 3.73. The molecule has 0 amide bonds. The van der Waals surface area contributed by atoms with Crippen LogP contribution < -0.4 is 0 Å². The molecule has 106 valence electrons. The zero-order chi connectivity index (χ0) is 14.7. The Morgan fingerprint density at radius 2 is 1.17 bits per heavy atom. The maximum absolute atomic E-state index is 13.0. The molecule has 0 heterocycles. The zero-order valence-corrected chi connectivity index (χ0v) is 8.43. The molecule has 0 radical (unpaired) electrons. The van der Waals surface area contributed by atoms with Crippen LogP contribution in [0.2, 0.25) is 0 Å². The summed E-state index contributed by atoms with van der Waals surface area (Å²) in [5.41, 5.74) is -2.75. The third kappa shape index (κ3) is 1.41. The summed E-state index contributed by atoms with van der Waals surface area (Å²) in [6.45, 7) is 0.276. The summed E-state index contributed by atoms with van der Waals surface area (Å²) in [5.74, 6) is -28.7. The molecule has 1 aliphatic carbocycles. The molecule has 1 N–H and O–H groups in total. The van der Waals surface area contributed by atoms with Crippen molar-refractivity contribution < 1.29 is 44.6 Å². The monoisotopic (exact) mass is 288 g/mol. The number of alkyl halides is 8. The van der Waals surface area contributed by atoms with Crippen molar-refractivity contribution in [3.8, 4) is 0 Å². The molecule has 1 nitrogen and oxygen atoms in total. The van der Waals surface area contributed by atoms with E-state index in [0.29, 0.717) is 0 Å². The van der Waals surface area contributed by atoms with Gasteiger partial charge in [0, 0.05) is 0 Å². The van der Waals surface area contributed by atoms with E-state index in [2.05, 4.69) is 0 Å². The fraction of sp³-hybridized carbons (Fsp3) is 0.750. The lowest BCUT2D eigenvalue weighted by Crippen LogP contribution is -2.67. The summed E-state index contributed by atoms with van der Waals surface area (Å²) in [6.07, 6.45) is -2.78. The molecule has 0 aliphatic heterocycles. The molecule has 0 spiro atoms. The Morgan fingerprint density at radius 3 is 1.50 bits per heavy atom. The molecule has 1 atom stereocenters. The van der Waals surface area contributed by atoms with Crippen molar-refractivity contribution in [1.82, 2.24) is 0 Å². The molecule has 18 heavy (non-hydrogen) atoms. The van der Waals surface area contributed by atoms with E-state index in [9.17, 15) is 39.5 Å². The number of halogens is 9. The lowest BCUT2D eigenvalue weighted by atomic mass is 9.83. The summed E-state index contributed by atoms with van der Waals surface area (Å²) in [4.78, 5) is 0. The van der Waals surface area contributed by atoms with Gasteiger partial charge in [0.05, 0.1) is 11.7 Å². The van der Waals surface area contributed by atoms with Crippen LogP contribution in [0.15, 0.2) is 11.4 Å². The van der Waals surface area contributed by atoms with E-state index in [0.717, 1.165) is 0 Å². The Bertz CT molecular complexity index is 395. The fourth-order valence-electron chi connectivity index (χ4n) is 1.45. The van der Waals surface area contributed by atoms with E-state index in [-0.39, 0.29) is 6.92 Å². The van der Waals surface area contributed by atoms with Gasteiger partial charge in [-0.25, -0.2) is 4.39 Å². The van der Waals surface area contributed by atoms with Crippen molar-refractivity contribution in [2.24, 2.45) is 0 Å². The van der Waals surface area contributed by atoms with Crippen LogP contribution in [0.5, 0.6) is 0 Å². The smallest absolute Gasteiger partial charge is 0.385 e. The van der Waals surface area contributed by atoms with Crippen molar-refractivity contribution >= 4 is 0 Å². The normalized spacial score (nSPS) is 30.2. The standard InChI is InChI=1S/C8H5F9O/c1-2(18)3-4(9)6(12,13)8(16,17)7(14,15)5(3,10)11/h2,18H,1H3. The highest BCUT2D eigenvalue weighted by Crippen LogP contribution is 2.62. The highest BCUT2D eigenvalue weighted by atomic mass is 19.4. The third-order valence-corrected chi connectivity index (χ3v) is 2.45. The Hall–Kier alpha value is -0.930. The number of aliphatic hydroxyl groups excluding tert-OH is 1. The molecule has 0 bridgehead atoms. The molecule has 0 aromatic heterocycles. The predicted molar refractivity (Wildman–Crippen MR) is 39.6 cm³/mol. The SMILES string of the molecule is CC(O)C1=C(F)C(F)(F)C(F)(F)C(F)(F)C1(F)F. The average Bonchev–Trinajstić information content (AvgIpc) is 2.14. The van der Waals surface area contributed by atoms with Gasteiger partial charge in [0.15, 0.2) is 5.83 Å². The summed E-state index contributed by atoms with van der Waals surface area (Å²) >= 11 is 0. The highest BCUT2D eigenvalue weighted by molar-refractivity contribution is 5.37. The molecule has 0 aromatic rings. The van der Waals surface area contributed by atoms with Crippen molar-refractivity contribution in [3.05, 3.63) is 11.4 Å². The summed E-state index contributed by atoms with van der Waals surface area (Å²) in [5, 5.41) is 8.63. The van der Waals surface area contributed by atoms with Crippen LogP contribution in [0.25, 0.3) is 0 Å². The fourth-order valence-corrected chi connectivity index (χ4v) is 1.45. The molecule has 0 fully saturated rings. The molecule has 0 saturated carbocycles. The van der Waals surface area contributed by atoms with Crippen molar-refractivity contribution in [2.75, 3.05) is 0 Å². The lowest BCUT2D eigenvalue weighted by Gasteiger charge is -2.42. The van der Waals surface area contributed by atoms with Gasteiger partial charge < -0.3 is 5.11 Å². The van der Waals surface area contributed by atoms with Gasteiger partial charge in [-0.2, -0.15) is 35.1 Å². The minimum Gasteiger partial charge on any atom is -0.389 e. The van der Waals surface area contributed by atoms with Gasteiger partial charge in [0.1, 0.15) is 0 Å². The van der Waals surface area contributed by atoms with Crippen LogP contribution in [0.3, 0.4) is 0 Å². The number of hydrogen-bond donors (Lipinski definition) is 1. The lowest BCUT2D eigenvalue weighted by molar-refractivity contribution is -0.365. The molecule has 1 rings (SSSR count). The number of rotatable bonds is 1. The van der Waals surface area contributed by atoms with E-state index in [1.165, 1.54) is 0 Å². The Labute approximate surface area is 93.9 Å². The predicted octanol–water partition coefficient (Wildman–Crippen LogP) is 3.15. The van der Waals surface area contributed by atoms with Gasteiger partial charge in [0.25, 0.3) is 0 Å². The molecule has 0 aromatic carbocycles. The zero-order valence-electron chi connectivity index (χ0n) is 8.43. The largest absolute Gasteiger partial charge is 0.389 e. The number of allylic oxidation sites excluding steroid dienone is 1. The maximum atomic E-state index is 13.0. The topological polar surface area (TPSA) is 20.2 Å². The Morgan fingerprint density at radius 1 is 0.833 bits per heavy atom. The van der Waals surface area contributed by atoms with E-state index >= 15 is 0 Å². The first kappa shape index (κ1) is 15.1. The minimum atomic E-state index is -6.62. The van der Waals surface area contributed by atoms with E-state index in [4.69, 9.17) is 5.11 Å². The molecule has 0 saturated heterocycles. The van der Waals surface area contributed by atoms with Gasteiger partial charge >= 0.3 is 23.7 Å². The van der Waals surface area contributed by atoms with Crippen LogP contribution in [-0.4, -0.2) is 34.9 Å². The molecule has 1 aliphatic rings. The van der Waals surface area contributed by atoms with Crippen molar-refractivity contribution in [3.63, 3.8) is 0 Å². The quantitative estimate of drug-likeness (QED) is 0.735. The van der Waals surface area contributed by atoms with Crippen LogP contribution in [0.1, 0.15) is 6.92 Å². The van der Waals surface area contributed by atoms with Crippen LogP contribution in [0, 0.1) is 0 Å². The van der Waals surface area contributed by atoms with Gasteiger partial charge in [-0.3, -0.25) is 0 Å². The van der Waals surface area contributed by atoms with Crippen LogP contribution in [0.4, 0.5) is 39.5 Å². The second-order valence-electron chi connectivity index (χ2n) is 3.70. The maximum Gasteiger partial charge on any atom is 0.385 e. The second-order valence-corrected chi connectivity index (χ2v) is 3.70. The van der Waals surface area contributed by atoms with Crippen LogP contribution >= 0.6 is 0 Å². The van der Waals surface area contributed by atoms with Gasteiger partial charge in [-0.05, 0) is 6.92 Å². The van der Waals surface area contributed by atoms with Crippen molar-refractivity contribution in [2.45, 2.75) is 36.7 Å². The summed E-state index contributed by atoms with van der Waals surface area (Å²) < 4.78 is 115. The first-order valence-electron chi connectivity index (χ1n) is 4.33. The summed E-state index contributed by atoms with van der Waals surface area (Å²) in [6, 6.07) is 0. The van der Waals surface area contributed by atoms with Crippen LogP contribution in [-0.2, 0) is 0 Å². The van der Waals surface area contributed by atoms with Gasteiger partial charge in [-0.15, -0.1) is 0 Å². The van der Waals surface area contributed by atoms with E-state index in [1.54, 1.807) is 0 Å². The summed E-state index contributed by atoms with van der Waals surface area (Å²) in [7, 11) is 0. The third-order valence-electron chi connectivity index (χ3n) is 2.45. The molecule has 1 unspecified atom stereocenters. The average molecular weight is 288 g/mol.